The van der Waals surface area contributed by atoms with Crippen LogP contribution in [-0.4, -0.2) is 68.0 Å². The number of rotatable bonds is 8. The summed E-state index contributed by atoms with van der Waals surface area (Å²) >= 11 is 1.66. The molecule has 3 amide bonds. The zero-order chi connectivity index (χ0) is 22.4. The quantitative estimate of drug-likeness (QED) is 0.167. The maximum absolute atomic E-state index is 13.0. The van der Waals surface area contributed by atoms with Gasteiger partial charge in [-0.25, -0.2) is 0 Å². The Labute approximate surface area is 207 Å². The van der Waals surface area contributed by atoms with Gasteiger partial charge in [-0.3, -0.25) is 0 Å². The fourth-order valence-corrected chi connectivity index (χ4v) is 6.47. The van der Waals surface area contributed by atoms with Gasteiger partial charge in [0, 0.05) is 0 Å². The molecule has 2 heterocycles. The average molecular weight is 652 g/mol. The van der Waals surface area contributed by atoms with Crippen LogP contribution in [0.15, 0.2) is 30.3 Å². The Hall–Kier alpha value is -1.24. The van der Waals surface area contributed by atoms with Crippen molar-refractivity contribution in [3.63, 3.8) is 0 Å². The van der Waals surface area contributed by atoms with E-state index in [4.69, 9.17) is 0 Å². The number of hydrogen-bond acceptors (Lipinski definition) is 4. The number of likely N-dealkylation sites (tertiary alicyclic amines) is 2. The Bertz CT molecular complexity index is 807. The van der Waals surface area contributed by atoms with Gasteiger partial charge < -0.3 is 0 Å². The van der Waals surface area contributed by atoms with E-state index < -0.39 is 31.3 Å². The van der Waals surface area contributed by atoms with Gasteiger partial charge in [-0.05, 0) is 0 Å². The molecule has 2 aliphatic heterocycles. The molecule has 0 spiro atoms. The maximum atomic E-state index is 13.0. The van der Waals surface area contributed by atoms with Gasteiger partial charge in [0.1, 0.15) is 0 Å². The molecular formula is C22H28I2N3O4-. The number of nitrogens with zero attached hydrogens (tertiary/aromatic N) is 2. The number of amides is 3. The topological polar surface area (TPSA) is 86.8 Å². The van der Waals surface area contributed by atoms with Gasteiger partial charge in [-0.1, -0.05) is 0 Å². The predicted molar refractivity (Wildman–Crippen MR) is 121 cm³/mol. The summed E-state index contributed by atoms with van der Waals surface area (Å²) in [6.07, 6.45) is 4.04. The van der Waals surface area contributed by atoms with Crippen LogP contribution < -0.4 is 26.5 Å². The third-order valence-corrected chi connectivity index (χ3v) is 9.08. The van der Waals surface area contributed by atoms with E-state index in [-0.39, 0.29) is 27.7 Å². The van der Waals surface area contributed by atoms with Gasteiger partial charge in [0.05, 0.1) is 0 Å². The summed E-state index contributed by atoms with van der Waals surface area (Å²) in [5, 5.41) is 2.91. The molecule has 31 heavy (non-hydrogen) atoms. The minimum absolute atomic E-state index is 0.0319. The van der Waals surface area contributed by atoms with Crippen molar-refractivity contribution in [1.82, 2.24) is 15.1 Å². The standard InChI is InChI=1S/C22H28I2N3O4/c1-24-20(22(31)26-11-5-9-16(26)14-28)25-21(30)18-10-6-12-27(18)19(29)13-17(23)15-7-3-2-4-8-15/h2-4,7-8,14,16-18,20H,5-6,9-13H2,1H3,(H,25,30)/q-1. The van der Waals surface area contributed by atoms with Crippen LogP contribution in [0.25, 0.3) is 0 Å². The van der Waals surface area contributed by atoms with Crippen LogP contribution in [0.5, 0.6) is 0 Å². The van der Waals surface area contributed by atoms with E-state index in [1.807, 2.05) is 35.3 Å². The zero-order valence-electron chi connectivity index (χ0n) is 17.5. The van der Waals surface area contributed by atoms with Gasteiger partial charge in [0.15, 0.2) is 0 Å². The fourth-order valence-electron chi connectivity index (χ4n) is 4.17. The first kappa shape index (κ1) is 24.4. The molecule has 0 aromatic heterocycles. The molecule has 0 aliphatic carbocycles. The number of halogens is 2. The molecule has 2 aliphatic rings. The Kier molecular flexibility index (Phi) is 9.11. The predicted octanol–water partition coefficient (Wildman–Crippen LogP) is -1.11. The summed E-state index contributed by atoms with van der Waals surface area (Å²) < 4.78 is -0.520. The fraction of sp³-hybridized carbons (Fsp3) is 0.545. The molecule has 1 N–H and O–H groups in total. The Morgan fingerprint density at radius 1 is 1.16 bits per heavy atom. The molecule has 9 heteroatoms. The van der Waals surface area contributed by atoms with Crippen molar-refractivity contribution in [2.75, 3.05) is 18.0 Å². The summed E-state index contributed by atoms with van der Waals surface area (Å²) in [6.45, 7) is 1.12. The molecule has 0 bridgehead atoms. The van der Waals surface area contributed by atoms with Crippen molar-refractivity contribution in [2.24, 2.45) is 0 Å². The molecule has 2 saturated heterocycles. The van der Waals surface area contributed by atoms with E-state index in [9.17, 15) is 19.2 Å². The van der Waals surface area contributed by atoms with E-state index in [0.717, 1.165) is 24.7 Å². The second kappa shape index (κ2) is 11.6. The summed E-state index contributed by atoms with van der Waals surface area (Å²) in [5.41, 5.74) is 1.09. The number of aldehydes is 1. The Morgan fingerprint density at radius 2 is 1.84 bits per heavy atom. The number of alkyl halides is 3. The van der Waals surface area contributed by atoms with Crippen LogP contribution in [0.4, 0.5) is 0 Å². The molecular weight excluding hydrogens is 624 g/mol. The Morgan fingerprint density at radius 3 is 2.52 bits per heavy atom. The van der Waals surface area contributed by atoms with E-state index in [0.29, 0.717) is 32.4 Å². The van der Waals surface area contributed by atoms with Crippen LogP contribution >= 0.6 is 22.6 Å². The van der Waals surface area contributed by atoms with E-state index >= 15 is 0 Å². The second-order valence-corrected chi connectivity index (χ2v) is 11.8. The van der Waals surface area contributed by atoms with E-state index in [2.05, 4.69) is 27.9 Å². The van der Waals surface area contributed by atoms with Crippen molar-refractivity contribution >= 4 is 46.6 Å². The zero-order valence-corrected chi connectivity index (χ0v) is 21.8. The second-order valence-electron chi connectivity index (χ2n) is 7.79. The van der Waals surface area contributed by atoms with Crippen molar-refractivity contribution < 1.29 is 40.4 Å². The molecule has 1 aromatic carbocycles. The van der Waals surface area contributed by atoms with Crippen molar-refractivity contribution in [1.29, 1.82) is 0 Å². The van der Waals surface area contributed by atoms with Crippen LogP contribution in [-0.2, 0) is 19.2 Å². The molecule has 170 valence electrons. The molecule has 4 atom stereocenters. The van der Waals surface area contributed by atoms with Gasteiger partial charge >= 0.3 is 208 Å². The molecule has 0 saturated carbocycles. The average Bonchev–Trinajstić information content (AvgIpc) is 3.47. The van der Waals surface area contributed by atoms with Crippen LogP contribution in [0.3, 0.4) is 0 Å². The molecule has 1 aromatic rings. The van der Waals surface area contributed by atoms with Crippen molar-refractivity contribution in [3.05, 3.63) is 35.9 Å². The third kappa shape index (κ3) is 5.96. The first-order valence-corrected chi connectivity index (χ1v) is 15.1. The third-order valence-electron chi connectivity index (χ3n) is 5.83. The minimum atomic E-state index is -0.610. The molecule has 7 nitrogen and oxygen atoms in total. The SMILES string of the molecule is C[I-]C(NC(=O)C1CCCN1C(=O)CC(I)c1ccccc1)C(=O)N1CCCC1C=O. The van der Waals surface area contributed by atoms with Gasteiger partial charge in [-0.2, -0.15) is 0 Å². The Balaban J connectivity index is 1.61. The van der Waals surface area contributed by atoms with Crippen LogP contribution in [0, 0.1) is 0 Å². The molecule has 3 rings (SSSR count). The number of carbonyl (C=O) groups excluding carboxylic acids is 4. The number of benzene rings is 1. The van der Waals surface area contributed by atoms with Crippen molar-refractivity contribution in [3.8, 4) is 0 Å². The first-order chi connectivity index (χ1) is 15.0. The summed E-state index contributed by atoms with van der Waals surface area (Å²) in [4.78, 5) is 55.4. The van der Waals surface area contributed by atoms with E-state index in [1.165, 1.54) is 0 Å². The first-order valence-electron chi connectivity index (χ1n) is 10.5. The van der Waals surface area contributed by atoms with Crippen molar-refractivity contribution in [2.45, 2.75) is 52.2 Å². The van der Waals surface area contributed by atoms with Gasteiger partial charge in [0.2, 0.25) is 0 Å². The van der Waals surface area contributed by atoms with Gasteiger partial charge in [0.25, 0.3) is 0 Å². The van der Waals surface area contributed by atoms with Gasteiger partial charge in [-0.15, -0.1) is 0 Å². The summed E-state index contributed by atoms with van der Waals surface area (Å²) in [5.74, 6) is -0.446. The number of hydrogen-bond donors (Lipinski definition) is 1. The summed E-state index contributed by atoms with van der Waals surface area (Å²) in [6, 6.07) is 8.96. The van der Waals surface area contributed by atoms with Crippen LogP contribution in [0.2, 0.25) is 0 Å². The monoisotopic (exact) mass is 652 g/mol. The molecule has 0 radical (unpaired) electrons. The normalized spacial score (nSPS) is 22.9. The van der Waals surface area contributed by atoms with E-state index in [1.54, 1.807) is 9.80 Å². The molecule has 2 fully saturated rings. The summed E-state index contributed by atoms with van der Waals surface area (Å²) in [7, 11) is 0. The molecule has 4 unspecified atom stereocenters. The number of nitrogens with one attached hydrogen (secondary N) is 1. The number of carbonyl (C=O) groups is 4. The van der Waals surface area contributed by atoms with Crippen LogP contribution in [0.1, 0.15) is 41.6 Å².